The molecule has 2 N–H and O–H groups in total. The van der Waals surface area contributed by atoms with Gasteiger partial charge in [0, 0.05) is 73.6 Å². The summed E-state index contributed by atoms with van der Waals surface area (Å²) in [5.74, 6) is -0.765. The van der Waals surface area contributed by atoms with E-state index in [1.165, 1.54) is 12.1 Å². The molecular weight excluding hydrogens is 584 g/mol. The van der Waals surface area contributed by atoms with E-state index in [0.29, 0.717) is 49.3 Å². The molecule has 232 valence electrons. The molecule has 0 bridgehead atoms. The van der Waals surface area contributed by atoms with E-state index in [-0.39, 0.29) is 36.2 Å². The van der Waals surface area contributed by atoms with Crippen LogP contribution in [0.3, 0.4) is 0 Å². The molecule has 4 heterocycles. The Hall–Kier alpha value is -3.98. The summed E-state index contributed by atoms with van der Waals surface area (Å²) in [5.41, 5.74) is 1.14. The van der Waals surface area contributed by atoms with Crippen molar-refractivity contribution in [3.8, 4) is 0 Å². The zero-order valence-electron chi connectivity index (χ0n) is 24.9. The third-order valence-corrected chi connectivity index (χ3v) is 11.7. The van der Waals surface area contributed by atoms with Crippen molar-refractivity contribution in [3.05, 3.63) is 75.6 Å². The Balaban J connectivity index is 1.37. The minimum absolute atomic E-state index is 0.0400. The van der Waals surface area contributed by atoms with Crippen LogP contribution in [0.4, 0.5) is 17.1 Å². The number of amides is 2. The maximum Gasteiger partial charge on any atom is 0.269 e. The van der Waals surface area contributed by atoms with Gasteiger partial charge in [0.2, 0.25) is 5.91 Å². The van der Waals surface area contributed by atoms with Crippen molar-refractivity contribution in [2.24, 2.45) is 5.92 Å². The van der Waals surface area contributed by atoms with Crippen LogP contribution in [-0.2, 0) is 39.4 Å². The van der Waals surface area contributed by atoms with E-state index in [0.717, 1.165) is 11.3 Å². The van der Waals surface area contributed by atoms with Gasteiger partial charge in [-0.25, -0.2) is 0 Å². The minimum atomic E-state index is -2.94. The molecule has 0 unspecified atom stereocenters. The second-order valence-electron chi connectivity index (χ2n) is 12.4. The summed E-state index contributed by atoms with van der Waals surface area (Å²) in [6.07, 6.45) is 2.55. The lowest BCUT2D eigenvalue weighted by Gasteiger charge is -2.32. The van der Waals surface area contributed by atoms with Gasteiger partial charge in [-0.05, 0) is 43.3 Å². The van der Waals surface area contributed by atoms with E-state index in [1.54, 1.807) is 26.7 Å². The molecule has 3 aliphatic rings. The maximum atomic E-state index is 14.6. The highest BCUT2D eigenvalue weighted by Crippen LogP contribution is 2.60. The number of ether oxygens (including phenoxy) is 1. The number of aromatic nitrogens is 3. The number of non-ortho nitro benzene ring substituents is 1. The highest BCUT2D eigenvalue weighted by atomic mass is 28.4. The number of benzene rings is 2. The predicted octanol–water partition coefficient (Wildman–Crippen LogP) is 2.89. The summed E-state index contributed by atoms with van der Waals surface area (Å²) in [4.78, 5) is 52.9. The molecule has 0 aliphatic carbocycles. The number of anilines is 2. The Morgan fingerprint density at radius 3 is 2.66 bits per heavy atom. The van der Waals surface area contributed by atoms with Crippen LogP contribution < -0.4 is 9.80 Å². The Morgan fingerprint density at radius 1 is 1.20 bits per heavy atom. The molecule has 2 fully saturated rings. The van der Waals surface area contributed by atoms with Crippen molar-refractivity contribution in [1.82, 2.24) is 15.0 Å². The van der Waals surface area contributed by atoms with E-state index in [2.05, 4.69) is 10.3 Å². The van der Waals surface area contributed by atoms with Gasteiger partial charge in [0.25, 0.3) is 11.6 Å². The zero-order valence-corrected chi connectivity index (χ0v) is 25.9. The fourth-order valence-corrected chi connectivity index (χ4v) is 9.74. The largest absolute Gasteiger partial charge is 0.432 e. The molecule has 1 aromatic heterocycles. The number of nitrogens with zero attached hydrogens (tertiary/aromatic N) is 6. The molecule has 3 aromatic rings. The van der Waals surface area contributed by atoms with E-state index < -0.39 is 30.9 Å². The monoisotopic (exact) mass is 620 g/mol. The highest BCUT2D eigenvalue weighted by molar-refractivity contribution is 6.71. The number of hydrogen-bond donors (Lipinski definition) is 2. The van der Waals surface area contributed by atoms with Crippen LogP contribution in [0.15, 0.2) is 48.7 Å². The predicted molar refractivity (Wildman–Crippen MR) is 162 cm³/mol. The van der Waals surface area contributed by atoms with Crippen LogP contribution in [0.25, 0.3) is 0 Å². The summed E-state index contributed by atoms with van der Waals surface area (Å²) in [6, 6.07) is 11.9. The second-order valence-corrected chi connectivity index (χ2v) is 16.4. The highest BCUT2D eigenvalue weighted by Gasteiger charge is 2.66. The number of carbonyl (C=O) groups excluding carboxylic acids is 2. The van der Waals surface area contributed by atoms with Crippen LogP contribution in [0.5, 0.6) is 0 Å². The number of β-lactam (4-membered cyclic amide) rings is 1. The van der Waals surface area contributed by atoms with Gasteiger partial charge in [-0.15, -0.1) is 5.10 Å². The Bertz CT molecular complexity index is 1620. The van der Waals surface area contributed by atoms with Gasteiger partial charge in [0.1, 0.15) is 0 Å². The third kappa shape index (κ3) is 5.01. The van der Waals surface area contributed by atoms with E-state index in [4.69, 9.17) is 4.74 Å². The van der Waals surface area contributed by atoms with Gasteiger partial charge in [-0.1, -0.05) is 24.3 Å². The maximum absolute atomic E-state index is 14.6. The molecule has 13 nitrogen and oxygen atoms in total. The lowest BCUT2D eigenvalue weighted by Crippen LogP contribution is -2.46. The number of nitro benzene ring substituents is 1. The summed E-state index contributed by atoms with van der Waals surface area (Å²) in [5, 5.41) is 29.3. The molecule has 0 radical (unpaired) electrons. The van der Waals surface area contributed by atoms with Gasteiger partial charge in [-0.2, -0.15) is 0 Å². The van der Waals surface area contributed by atoms with Crippen LogP contribution >= 0.6 is 0 Å². The van der Waals surface area contributed by atoms with Gasteiger partial charge in [0.15, 0.2) is 13.9 Å². The van der Waals surface area contributed by atoms with Crippen LogP contribution in [0.2, 0.25) is 18.6 Å². The topological polar surface area (TPSA) is 164 Å². The van der Waals surface area contributed by atoms with Crippen molar-refractivity contribution in [2.75, 3.05) is 23.0 Å². The molecule has 14 heteroatoms. The number of aryl methyl sites for hydroxylation is 1. The van der Waals surface area contributed by atoms with E-state index in [1.807, 2.05) is 44.3 Å². The van der Waals surface area contributed by atoms with E-state index in [9.17, 15) is 29.6 Å². The Labute approximate surface area is 255 Å². The van der Waals surface area contributed by atoms with Gasteiger partial charge in [0.05, 0.1) is 29.0 Å². The fraction of sp³-hybridized carbons (Fsp3) is 0.467. The van der Waals surface area contributed by atoms with Crippen molar-refractivity contribution >= 4 is 37.2 Å². The molecule has 4 atom stereocenters. The molecular formula is C30H36N6O7Si. The lowest BCUT2D eigenvalue weighted by atomic mass is 9.82. The van der Waals surface area contributed by atoms with Crippen molar-refractivity contribution < 1.29 is 29.2 Å². The molecule has 6 rings (SSSR count). The molecule has 1 spiro atoms. The number of aliphatic hydroxyl groups excluding tert-OH is 1. The molecule has 2 amide bonds. The van der Waals surface area contributed by atoms with Crippen LogP contribution in [0.1, 0.15) is 36.6 Å². The number of carbonyl (C=O) groups is 2. The molecule has 0 saturated carbocycles. The average molecular weight is 621 g/mol. The number of aliphatic hydroxyl groups is 1. The summed E-state index contributed by atoms with van der Waals surface area (Å²) in [6.45, 7) is 6.74. The molecule has 3 aliphatic heterocycles. The lowest BCUT2D eigenvalue weighted by molar-refractivity contribution is -0.385. The molecule has 2 saturated heterocycles. The van der Waals surface area contributed by atoms with Crippen LogP contribution in [-0.4, -0.2) is 69.2 Å². The van der Waals surface area contributed by atoms with Crippen molar-refractivity contribution in [2.45, 2.75) is 69.6 Å². The minimum Gasteiger partial charge on any atom is -0.432 e. The van der Waals surface area contributed by atoms with E-state index >= 15 is 0 Å². The number of hydrogen-bond acceptors (Lipinski definition) is 9. The molecule has 2 aromatic carbocycles. The Morgan fingerprint density at radius 2 is 2.00 bits per heavy atom. The Kier molecular flexibility index (Phi) is 7.64. The van der Waals surface area contributed by atoms with Gasteiger partial charge < -0.3 is 24.4 Å². The summed E-state index contributed by atoms with van der Waals surface area (Å²) in [7, 11) is -2.94. The summed E-state index contributed by atoms with van der Waals surface area (Å²) >= 11 is 0. The van der Waals surface area contributed by atoms with Gasteiger partial charge in [-0.3, -0.25) is 24.4 Å². The van der Waals surface area contributed by atoms with Crippen molar-refractivity contribution in [3.63, 3.8) is 0 Å². The third-order valence-electron chi connectivity index (χ3n) is 9.19. The van der Waals surface area contributed by atoms with Crippen molar-refractivity contribution in [1.29, 1.82) is 0 Å². The zero-order chi connectivity index (χ0) is 31.4. The number of fused-ring (bicyclic) bond motifs is 2. The summed E-state index contributed by atoms with van der Waals surface area (Å²) < 4.78 is 8.45. The SMILES string of the molecule is C[C@@H]1[C@@H]([Si](C)(C)O)[C@H](CCn2cc(CCO)nn2)O[C@@]12C(=O)N(Cc1cccc(N3CCC3=O)c1)c1ccc([N+](=O)[O-])cc12. The van der Waals surface area contributed by atoms with Crippen LogP contribution in [0, 0.1) is 16.0 Å². The number of nitro groups is 1. The normalized spacial score (nSPS) is 24.7. The molecule has 44 heavy (non-hydrogen) atoms. The first-order valence-electron chi connectivity index (χ1n) is 14.8. The number of rotatable bonds is 10. The fourth-order valence-electron chi connectivity index (χ4n) is 7.14. The first-order chi connectivity index (χ1) is 20.9. The average Bonchev–Trinajstić information content (AvgIpc) is 3.61. The first-order valence-corrected chi connectivity index (χ1v) is 17.9. The second kappa shape index (κ2) is 11.2. The quantitative estimate of drug-likeness (QED) is 0.150. The smallest absolute Gasteiger partial charge is 0.269 e. The van der Waals surface area contributed by atoms with Gasteiger partial charge >= 0.3 is 0 Å². The standard InChI is InChI=1S/C30H36N6O7Si/c1-19-28(44(2,3)42)26(9-12-33-18-21(11-14-37)31-32-33)43-30(19)24-16-23(36(40)41)7-8-25(24)35(29(30)39)17-20-5-4-6-22(15-20)34-13-10-27(34)38/h4-8,15-16,18-19,26,28,37,42H,9-14,17H2,1-3H3/t19-,26+,28-,30+/m1/s1. The first kappa shape index (κ1) is 30.1.